The fourth-order valence-corrected chi connectivity index (χ4v) is 6.05. The van der Waals surface area contributed by atoms with Crippen LogP contribution in [0.3, 0.4) is 0 Å². The third kappa shape index (κ3) is 39.5. The van der Waals surface area contributed by atoms with Crippen molar-refractivity contribution in [3.63, 3.8) is 0 Å². The maximum Gasteiger partial charge on any atom is 0.362 e. The van der Waals surface area contributed by atoms with Gasteiger partial charge in [0.05, 0.1) is 34.4 Å². The molecular weight excluding hydrogens is 751 g/mol. The van der Waals surface area contributed by atoms with E-state index in [9.17, 15) is 19.5 Å². The number of carbonyl (C=O) groups is 3. The molecule has 0 aromatic rings. The van der Waals surface area contributed by atoms with Gasteiger partial charge in [-0.05, 0) is 64.2 Å². The molecule has 0 fully saturated rings. The van der Waals surface area contributed by atoms with E-state index in [1.54, 1.807) is 0 Å². The number of carboxylic acid groups (broad SMARTS) is 1. The van der Waals surface area contributed by atoms with E-state index in [2.05, 4.69) is 68.5 Å². The van der Waals surface area contributed by atoms with Crippen molar-refractivity contribution in [1.82, 2.24) is 0 Å². The van der Waals surface area contributed by atoms with Gasteiger partial charge in [-0.15, -0.1) is 0 Å². The standard InChI is InChI=1S/C52H83NO7/c1-6-8-10-12-14-16-18-20-21-22-23-24-25-26-27-28-29-31-33-35-37-39-41-43-51(55)60-48(46-58-45-44-49(52(56)57)53(3,4)5)47-59-50(54)42-40-38-36-34-32-30-19-17-15-13-11-9-7-2/h8-11,13-17,19-21,23-24,30,32,34,36,48-49H,6-7,12,18,22,25-29,31,33,35,37-47H2,1-5H3/p+1/b10-8+,11-9+,15-13+,16-14+,19-17+,21-20+,24-23+,32-30+,36-34+. The van der Waals surface area contributed by atoms with E-state index in [4.69, 9.17) is 14.2 Å². The van der Waals surface area contributed by atoms with Crippen molar-refractivity contribution >= 4 is 17.9 Å². The first-order chi connectivity index (χ1) is 29.1. The molecular formula is C52H84NO7+. The van der Waals surface area contributed by atoms with E-state index < -0.39 is 18.1 Å². The summed E-state index contributed by atoms with van der Waals surface area (Å²) < 4.78 is 17.2. The Morgan fingerprint density at radius 1 is 0.517 bits per heavy atom. The van der Waals surface area contributed by atoms with Gasteiger partial charge in [-0.2, -0.15) is 0 Å². The number of carbonyl (C=O) groups excluding carboxylic acids is 2. The first-order valence-corrected chi connectivity index (χ1v) is 23.0. The SMILES string of the molecule is CC/C=C/C=C/C=C/C=C/C=C/CCCC(=O)OCC(COCCC(C(=O)O)[N+](C)(C)C)OC(=O)CCCCCCCCCCCC/C=C/C/C=C/C/C=C/C/C=C/CC. The molecule has 338 valence electrons. The average Bonchev–Trinajstić information content (AvgIpc) is 3.21. The molecule has 2 unspecified atom stereocenters. The number of unbranched alkanes of at least 4 members (excludes halogenated alkanes) is 11. The van der Waals surface area contributed by atoms with E-state index in [1.165, 1.54) is 44.9 Å². The monoisotopic (exact) mass is 835 g/mol. The minimum absolute atomic E-state index is 0.0295. The molecule has 1 N–H and O–H groups in total. The van der Waals surface area contributed by atoms with Crippen LogP contribution in [0.2, 0.25) is 0 Å². The lowest BCUT2D eigenvalue weighted by Crippen LogP contribution is -2.50. The molecule has 0 saturated heterocycles. The normalized spacial score (nSPS) is 13.9. The number of nitrogens with zero attached hydrogens (tertiary/aromatic N) is 1. The van der Waals surface area contributed by atoms with E-state index in [0.29, 0.717) is 19.3 Å². The molecule has 2 atom stereocenters. The molecule has 0 radical (unpaired) electrons. The van der Waals surface area contributed by atoms with Crippen LogP contribution in [0, 0.1) is 0 Å². The number of rotatable bonds is 39. The summed E-state index contributed by atoms with van der Waals surface area (Å²) in [5, 5.41) is 9.63. The Balaban J connectivity index is 4.36. The van der Waals surface area contributed by atoms with Crippen LogP contribution in [0.5, 0.6) is 0 Å². The Labute approximate surface area is 366 Å². The van der Waals surface area contributed by atoms with Crippen molar-refractivity contribution in [2.75, 3.05) is 41.0 Å². The van der Waals surface area contributed by atoms with Gasteiger partial charge >= 0.3 is 17.9 Å². The number of hydrogen-bond acceptors (Lipinski definition) is 6. The second-order valence-electron chi connectivity index (χ2n) is 16.0. The van der Waals surface area contributed by atoms with Gasteiger partial charge in [-0.3, -0.25) is 9.59 Å². The minimum Gasteiger partial charge on any atom is -0.477 e. The summed E-state index contributed by atoms with van der Waals surface area (Å²) in [4.78, 5) is 37.0. The second-order valence-corrected chi connectivity index (χ2v) is 16.0. The molecule has 0 aliphatic rings. The maximum absolute atomic E-state index is 12.8. The molecule has 0 bridgehead atoms. The highest BCUT2D eigenvalue weighted by atomic mass is 16.6. The third-order valence-corrected chi connectivity index (χ3v) is 9.55. The summed E-state index contributed by atoms with van der Waals surface area (Å²) in [5.41, 5.74) is 0. The molecule has 0 spiro atoms. The Morgan fingerprint density at radius 2 is 0.983 bits per heavy atom. The molecule has 0 aliphatic heterocycles. The quantitative estimate of drug-likeness (QED) is 0.0216. The van der Waals surface area contributed by atoms with Gasteiger partial charge in [0.1, 0.15) is 6.61 Å². The predicted octanol–water partition coefficient (Wildman–Crippen LogP) is 12.9. The van der Waals surface area contributed by atoms with Crippen molar-refractivity contribution in [3.8, 4) is 0 Å². The number of hydrogen-bond donors (Lipinski definition) is 1. The number of esters is 2. The zero-order valence-corrected chi connectivity index (χ0v) is 38.4. The molecule has 8 heteroatoms. The summed E-state index contributed by atoms with van der Waals surface area (Å²) in [6, 6.07) is -0.632. The molecule has 0 heterocycles. The van der Waals surface area contributed by atoms with Gasteiger partial charge in [0, 0.05) is 19.3 Å². The van der Waals surface area contributed by atoms with E-state index in [-0.39, 0.29) is 42.7 Å². The average molecular weight is 835 g/mol. The highest BCUT2D eigenvalue weighted by Crippen LogP contribution is 2.14. The molecule has 60 heavy (non-hydrogen) atoms. The minimum atomic E-state index is -0.890. The summed E-state index contributed by atoms with van der Waals surface area (Å²) in [7, 11) is 5.49. The van der Waals surface area contributed by atoms with Crippen LogP contribution in [-0.4, -0.2) is 80.6 Å². The van der Waals surface area contributed by atoms with Crippen LogP contribution in [0.15, 0.2) is 109 Å². The lowest BCUT2D eigenvalue weighted by molar-refractivity contribution is -0.887. The molecule has 0 rings (SSSR count). The zero-order valence-electron chi connectivity index (χ0n) is 38.4. The molecule has 0 aromatic heterocycles. The van der Waals surface area contributed by atoms with Crippen molar-refractivity contribution in [1.29, 1.82) is 0 Å². The van der Waals surface area contributed by atoms with Gasteiger partial charge in [-0.25, -0.2) is 4.79 Å². The number of aliphatic carboxylic acids is 1. The number of likely N-dealkylation sites (N-methyl/N-ethyl adjacent to an activating group) is 1. The van der Waals surface area contributed by atoms with Crippen LogP contribution in [0.4, 0.5) is 0 Å². The van der Waals surface area contributed by atoms with Gasteiger partial charge in [0.25, 0.3) is 0 Å². The summed E-state index contributed by atoms with van der Waals surface area (Å²) in [6.45, 7) is 4.37. The number of quaternary nitrogens is 1. The Bertz CT molecular complexity index is 1340. The van der Waals surface area contributed by atoms with E-state index in [1.807, 2.05) is 75.8 Å². The second kappa shape index (κ2) is 41.7. The Morgan fingerprint density at radius 3 is 1.53 bits per heavy atom. The van der Waals surface area contributed by atoms with Crippen molar-refractivity contribution < 1.29 is 38.2 Å². The van der Waals surface area contributed by atoms with Gasteiger partial charge in [-0.1, -0.05) is 175 Å². The van der Waals surface area contributed by atoms with E-state index >= 15 is 0 Å². The maximum atomic E-state index is 12.8. The smallest absolute Gasteiger partial charge is 0.362 e. The Hall–Kier alpha value is -4.01. The van der Waals surface area contributed by atoms with Crippen molar-refractivity contribution in [2.24, 2.45) is 0 Å². The van der Waals surface area contributed by atoms with Crippen LogP contribution < -0.4 is 0 Å². The highest BCUT2D eigenvalue weighted by molar-refractivity contribution is 5.72. The van der Waals surface area contributed by atoms with Crippen LogP contribution in [0.1, 0.15) is 149 Å². The molecule has 0 saturated carbocycles. The first kappa shape index (κ1) is 56.0. The van der Waals surface area contributed by atoms with Crippen LogP contribution in [0.25, 0.3) is 0 Å². The highest BCUT2D eigenvalue weighted by Gasteiger charge is 2.31. The lowest BCUT2D eigenvalue weighted by Gasteiger charge is -2.31. The zero-order chi connectivity index (χ0) is 44.2. The summed E-state index contributed by atoms with van der Waals surface area (Å²) >= 11 is 0. The summed E-state index contributed by atoms with van der Waals surface area (Å²) in [6.07, 6.45) is 57.2. The number of allylic oxidation sites excluding steroid dienone is 18. The molecule has 8 nitrogen and oxygen atoms in total. The largest absolute Gasteiger partial charge is 0.477 e. The van der Waals surface area contributed by atoms with Crippen LogP contribution in [-0.2, 0) is 28.6 Å². The first-order valence-electron chi connectivity index (χ1n) is 23.0. The molecule has 0 aliphatic carbocycles. The number of carboxylic acids is 1. The van der Waals surface area contributed by atoms with E-state index in [0.717, 1.165) is 64.2 Å². The molecule has 0 amide bonds. The van der Waals surface area contributed by atoms with Crippen LogP contribution >= 0.6 is 0 Å². The lowest BCUT2D eigenvalue weighted by atomic mass is 10.0. The Kier molecular flexibility index (Phi) is 38.9. The predicted molar refractivity (Wildman–Crippen MR) is 252 cm³/mol. The molecule has 0 aromatic carbocycles. The third-order valence-electron chi connectivity index (χ3n) is 9.55. The fourth-order valence-electron chi connectivity index (χ4n) is 6.05. The summed E-state index contributed by atoms with van der Waals surface area (Å²) in [5.74, 6) is -1.58. The van der Waals surface area contributed by atoms with Crippen molar-refractivity contribution in [2.45, 2.75) is 161 Å². The number of ether oxygens (including phenoxy) is 3. The van der Waals surface area contributed by atoms with Gasteiger partial charge < -0.3 is 23.8 Å². The van der Waals surface area contributed by atoms with Crippen molar-refractivity contribution in [3.05, 3.63) is 109 Å². The topological polar surface area (TPSA) is 99.1 Å². The fraction of sp³-hybridized carbons (Fsp3) is 0.596. The van der Waals surface area contributed by atoms with Gasteiger partial charge in [0.15, 0.2) is 12.1 Å². The van der Waals surface area contributed by atoms with Gasteiger partial charge in [0.2, 0.25) is 0 Å².